The lowest BCUT2D eigenvalue weighted by molar-refractivity contribution is 0.0961. The second-order valence-electron chi connectivity index (χ2n) is 6.84. The first kappa shape index (κ1) is 20.1. The summed E-state index contributed by atoms with van der Waals surface area (Å²) in [5.74, 6) is -0.0670. The van der Waals surface area contributed by atoms with Gasteiger partial charge in [0.05, 0.1) is 11.3 Å². The molecule has 6 heteroatoms. The maximum Gasteiger partial charge on any atom is 0.256 e. The molecule has 0 fully saturated rings. The van der Waals surface area contributed by atoms with Gasteiger partial charge in [-0.1, -0.05) is 30.3 Å². The molecule has 0 atom stereocenters. The van der Waals surface area contributed by atoms with E-state index in [0.29, 0.717) is 22.6 Å². The van der Waals surface area contributed by atoms with Gasteiger partial charge in [-0.25, -0.2) is 4.98 Å². The third-order valence-electron chi connectivity index (χ3n) is 4.87. The van der Waals surface area contributed by atoms with Crippen molar-refractivity contribution in [2.75, 3.05) is 17.7 Å². The average molecular weight is 388 g/mol. The lowest BCUT2D eigenvalue weighted by atomic mass is 10.0. The molecule has 2 aromatic carbocycles. The molecular formula is C23H24N4O2. The molecule has 3 rings (SSSR count). The van der Waals surface area contributed by atoms with Crippen LogP contribution in [0.25, 0.3) is 0 Å². The van der Waals surface area contributed by atoms with E-state index in [1.165, 1.54) is 6.20 Å². The zero-order chi connectivity index (χ0) is 21.0. The number of nitrogens with one attached hydrogen (secondary N) is 3. The SMILES string of the molecule is CNC(=O)c1cnc(Nc2ccccc2C)c(NC(=O)c2cccc(C)c2C)c1. The Morgan fingerprint density at radius 1 is 0.862 bits per heavy atom. The van der Waals surface area contributed by atoms with E-state index in [-0.39, 0.29) is 11.8 Å². The maximum atomic E-state index is 12.9. The number of pyridine rings is 1. The van der Waals surface area contributed by atoms with Crippen molar-refractivity contribution in [2.24, 2.45) is 0 Å². The molecule has 0 saturated heterocycles. The van der Waals surface area contributed by atoms with Gasteiger partial charge in [-0.05, 0) is 55.7 Å². The molecule has 0 aliphatic heterocycles. The fourth-order valence-electron chi connectivity index (χ4n) is 2.96. The van der Waals surface area contributed by atoms with Crippen LogP contribution in [0.15, 0.2) is 54.7 Å². The van der Waals surface area contributed by atoms with E-state index in [9.17, 15) is 9.59 Å². The quantitative estimate of drug-likeness (QED) is 0.606. The Balaban J connectivity index is 1.99. The van der Waals surface area contributed by atoms with E-state index >= 15 is 0 Å². The van der Waals surface area contributed by atoms with Crippen molar-refractivity contribution in [2.45, 2.75) is 20.8 Å². The number of carbonyl (C=O) groups is 2. The highest BCUT2D eigenvalue weighted by Gasteiger charge is 2.16. The number of benzene rings is 2. The van der Waals surface area contributed by atoms with Gasteiger partial charge in [-0.15, -0.1) is 0 Å². The first-order valence-electron chi connectivity index (χ1n) is 9.33. The molecule has 6 nitrogen and oxygen atoms in total. The fraction of sp³-hybridized carbons (Fsp3) is 0.174. The number of anilines is 3. The number of hydrogen-bond donors (Lipinski definition) is 3. The van der Waals surface area contributed by atoms with Crippen molar-refractivity contribution in [1.82, 2.24) is 10.3 Å². The van der Waals surface area contributed by atoms with Crippen LogP contribution in [0.5, 0.6) is 0 Å². The summed E-state index contributed by atoms with van der Waals surface area (Å²) in [5, 5.41) is 8.74. The highest BCUT2D eigenvalue weighted by Crippen LogP contribution is 2.27. The van der Waals surface area contributed by atoms with E-state index in [4.69, 9.17) is 0 Å². The van der Waals surface area contributed by atoms with Crippen molar-refractivity contribution < 1.29 is 9.59 Å². The summed E-state index contributed by atoms with van der Waals surface area (Å²) in [6, 6.07) is 15.0. The Morgan fingerprint density at radius 2 is 1.59 bits per heavy atom. The van der Waals surface area contributed by atoms with Gasteiger partial charge in [-0.2, -0.15) is 0 Å². The molecule has 1 aromatic heterocycles. The number of para-hydroxylation sites is 1. The molecule has 2 amide bonds. The van der Waals surface area contributed by atoms with Crippen LogP contribution in [-0.2, 0) is 0 Å². The number of carbonyl (C=O) groups excluding carboxylic acids is 2. The van der Waals surface area contributed by atoms with Gasteiger partial charge in [0.25, 0.3) is 11.8 Å². The molecule has 29 heavy (non-hydrogen) atoms. The number of amides is 2. The van der Waals surface area contributed by atoms with Crippen molar-refractivity contribution in [3.8, 4) is 0 Å². The minimum absolute atomic E-state index is 0.255. The second-order valence-corrected chi connectivity index (χ2v) is 6.84. The number of aryl methyl sites for hydroxylation is 2. The van der Waals surface area contributed by atoms with Crippen LogP contribution >= 0.6 is 0 Å². The van der Waals surface area contributed by atoms with Gasteiger partial charge >= 0.3 is 0 Å². The zero-order valence-corrected chi connectivity index (χ0v) is 17.0. The summed E-state index contributed by atoms with van der Waals surface area (Å²) in [7, 11) is 1.55. The first-order valence-corrected chi connectivity index (χ1v) is 9.33. The first-order chi connectivity index (χ1) is 13.9. The summed E-state index contributed by atoms with van der Waals surface area (Å²) in [6.45, 7) is 5.86. The van der Waals surface area contributed by atoms with Crippen molar-refractivity contribution >= 4 is 29.0 Å². The highest BCUT2D eigenvalue weighted by atomic mass is 16.2. The molecule has 0 bridgehead atoms. The largest absolute Gasteiger partial charge is 0.355 e. The van der Waals surface area contributed by atoms with Gasteiger partial charge in [0, 0.05) is 24.5 Å². The summed E-state index contributed by atoms with van der Waals surface area (Å²) < 4.78 is 0. The molecule has 0 radical (unpaired) electrons. The van der Waals surface area contributed by atoms with Crippen LogP contribution in [0, 0.1) is 20.8 Å². The third kappa shape index (κ3) is 4.43. The number of hydrogen-bond acceptors (Lipinski definition) is 4. The van der Waals surface area contributed by atoms with Crippen molar-refractivity contribution in [3.05, 3.63) is 82.5 Å². The van der Waals surface area contributed by atoms with Crippen LogP contribution in [-0.4, -0.2) is 23.8 Å². The topological polar surface area (TPSA) is 83.1 Å². The molecule has 0 aliphatic rings. The minimum Gasteiger partial charge on any atom is -0.355 e. The van der Waals surface area contributed by atoms with Crippen molar-refractivity contribution in [1.29, 1.82) is 0 Å². The standard InChI is InChI=1S/C23H24N4O2/c1-14-9-7-10-18(16(14)3)23(29)27-20-12-17(22(28)24-4)13-25-21(20)26-19-11-6-5-8-15(19)2/h5-13H,1-4H3,(H,24,28)(H,25,26)(H,27,29). The molecule has 0 aliphatic carbocycles. The number of nitrogens with zero attached hydrogens (tertiary/aromatic N) is 1. The Kier molecular flexibility index (Phi) is 5.93. The Labute approximate surface area is 170 Å². The van der Waals surface area contributed by atoms with Crippen LogP contribution < -0.4 is 16.0 Å². The molecule has 3 N–H and O–H groups in total. The third-order valence-corrected chi connectivity index (χ3v) is 4.87. The smallest absolute Gasteiger partial charge is 0.256 e. The summed E-state index contributed by atoms with van der Waals surface area (Å²) in [6.07, 6.45) is 1.48. The van der Waals surface area contributed by atoms with Crippen LogP contribution in [0.2, 0.25) is 0 Å². The molecular weight excluding hydrogens is 364 g/mol. The Morgan fingerprint density at radius 3 is 2.31 bits per heavy atom. The summed E-state index contributed by atoms with van der Waals surface area (Å²) in [4.78, 5) is 29.4. The second kappa shape index (κ2) is 8.56. The van der Waals surface area contributed by atoms with E-state index in [1.54, 1.807) is 19.2 Å². The highest BCUT2D eigenvalue weighted by molar-refractivity contribution is 6.07. The van der Waals surface area contributed by atoms with Gasteiger partial charge in [-0.3, -0.25) is 9.59 Å². The molecule has 148 valence electrons. The Hall–Kier alpha value is -3.67. The summed E-state index contributed by atoms with van der Waals surface area (Å²) in [5.41, 5.74) is 5.23. The molecule has 0 spiro atoms. The van der Waals surface area contributed by atoms with Gasteiger partial charge < -0.3 is 16.0 Å². The summed E-state index contributed by atoms with van der Waals surface area (Å²) >= 11 is 0. The lowest BCUT2D eigenvalue weighted by Crippen LogP contribution is -2.20. The predicted octanol–water partition coefficient (Wildman–Crippen LogP) is 4.36. The van der Waals surface area contributed by atoms with Gasteiger partial charge in [0.15, 0.2) is 5.82 Å². The van der Waals surface area contributed by atoms with E-state index in [0.717, 1.165) is 22.4 Å². The van der Waals surface area contributed by atoms with E-state index < -0.39 is 0 Å². The molecule has 1 heterocycles. The predicted molar refractivity (Wildman–Crippen MR) is 116 cm³/mol. The number of rotatable bonds is 5. The fourth-order valence-corrected chi connectivity index (χ4v) is 2.96. The zero-order valence-electron chi connectivity index (χ0n) is 17.0. The minimum atomic E-state index is -0.276. The van der Waals surface area contributed by atoms with Crippen LogP contribution in [0.1, 0.15) is 37.4 Å². The maximum absolute atomic E-state index is 12.9. The van der Waals surface area contributed by atoms with E-state index in [2.05, 4.69) is 20.9 Å². The Bertz CT molecular complexity index is 1080. The normalized spacial score (nSPS) is 10.3. The number of aromatic nitrogens is 1. The van der Waals surface area contributed by atoms with Crippen LogP contribution in [0.4, 0.5) is 17.2 Å². The molecule has 3 aromatic rings. The molecule has 0 unspecified atom stereocenters. The van der Waals surface area contributed by atoms with E-state index in [1.807, 2.05) is 57.2 Å². The lowest BCUT2D eigenvalue weighted by Gasteiger charge is -2.16. The van der Waals surface area contributed by atoms with Gasteiger partial charge in [0.1, 0.15) is 0 Å². The average Bonchev–Trinajstić information content (AvgIpc) is 2.72. The monoisotopic (exact) mass is 388 g/mol. The molecule has 0 saturated carbocycles. The van der Waals surface area contributed by atoms with Crippen LogP contribution in [0.3, 0.4) is 0 Å². The van der Waals surface area contributed by atoms with Crippen molar-refractivity contribution in [3.63, 3.8) is 0 Å². The van der Waals surface area contributed by atoms with Gasteiger partial charge in [0.2, 0.25) is 0 Å².